The van der Waals surface area contributed by atoms with Crippen LogP contribution >= 0.6 is 0 Å². The van der Waals surface area contributed by atoms with Gasteiger partial charge in [0.15, 0.2) is 23.3 Å². The second-order valence-corrected chi connectivity index (χ2v) is 9.79. The molecular weight excluding hydrogens is 755 g/mol. The molecule has 8 nitrogen and oxygen atoms in total. The zero-order chi connectivity index (χ0) is 26.2. The summed E-state index contributed by atoms with van der Waals surface area (Å²) < 4.78 is 0. The molecule has 10 heteroatoms. The minimum Gasteiger partial charge on any atom is -0.324 e. The van der Waals surface area contributed by atoms with Crippen molar-refractivity contribution in [2.75, 3.05) is 0 Å². The molecule has 7 aromatic rings. The Morgan fingerprint density at radius 2 is 0.571 bits per heavy atom. The van der Waals surface area contributed by atoms with Gasteiger partial charge in [0, 0.05) is 43.8 Å². The maximum atomic E-state index is 5.02. The second-order valence-electron chi connectivity index (χ2n) is 9.79. The first kappa shape index (κ1) is 26.4. The fourth-order valence-electron chi connectivity index (χ4n) is 5.59. The summed E-state index contributed by atoms with van der Waals surface area (Å²) in [5.74, 6) is 2.39. The molecule has 2 aliphatic heterocycles. The number of fused-ring (bicyclic) bond motifs is 20. The van der Waals surface area contributed by atoms with Gasteiger partial charge < -0.3 is 9.97 Å². The van der Waals surface area contributed by atoms with E-state index in [1.807, 2.05) is 97.1 Å². The molecule has 0 fully saturated rings. The smallest absolute Gasteiger partial charge is 0.324 e. The van der Waals surface area contributed by atoms with Gasteiger partial charge in [-0.3, -0.25) is 0 Å². The van der Waals surface area contributed by atoms with E-state index in [0.29, 0.717) is 45.9 Å². The van der Waals surface area contributed by atoms with Crippen LogP contribution in [0.3, 0.4) is 0 Å². The van der Waals surface area contributed by atoms with E-state index in [4.69, 9.17) is 29.9 Å². The number of nitrogens with one attached hydrogen (secondary N) is 2. The molecule has 0 unspecified atom stereocenters. The summed E-state index contributed by atoms with van der Waals surface area (Å²) in [7, 11) is 0. The van der Waals surface area contributed by atoms with E-state index in [-0.39, 0.29) is 38.1 Å². The Balaban J connectivity index is 0.00000144. The summed E-state index contributed by atoms with van der Waals surface area (Å²) in [5, 5.41) is 3.82. The third-order valence-electron chi connectivity index (χ3n) is 7.46. The first-order valence-corrected chi connectivity index (χ1v) is 13.0. The number of aromatic nitrogens is 8. The van der Waals surface area contributed by atoms with Crippen molar-refractivity contribution >= 4 is 44.1 Å². The van der Waals surface area contributed by atoms with Crippen LogP contribution < -0.4 is 0 Å². The SMILES string of the molecule is [Cu+].[Pt+2].c1ccc2c(c1)-c1nc-2nc2[nH]c(nc3nc(nc4[nH]c(n1)c1ccccc41)-c1ccccc1-3)c1ccccc21. The quantitative estimate of drug-likeness (QED) is 0.163. The van der Waals surface area contributed by atoms with Crippen LogP contribution in [0.4, 0.5) is 0 Å². The van der Waals surface area contributed by atoms with E-state index in [9.17, 15) is 0 Å². The fourth-order valence-corrected chi connectivity index (χ4v) is 5.59. The summed E-state index contributed by atoms with van der Waals surface area (Å²) >= 11 is 0. The van der Waals surface area contributed by atoms with Gasteiger partial charge in [0.2, 0.25) is 0 Å². The largest absolute Gasteiger partial charge is 2.00 e. The Bertz CT molecular complexity index is 2040. The van der Waals surface area contributed by atoms with Crippen molar-refractivity contribution in [1.29, 1.82) is 0 Å². The molecule has 0 radical (unpaired) electrons. The molecule has 0 saturated heterocycles. The molecule has 4 aromatic carbocycles. The van der Waals surface area contributed by atoms with E-state index >= 15 is 0 Å². The molecule has 5 heterocycles. The average molecular weight is 773 g/mol. The van der Waals surface area contributed by atoms with Crippen LogP contribution in [0, 0.1) is 0 Å². The van der Waals surface area contributed by atoms with E-state index < -0.39 is 0 Å². The van der Waals surface area contributed by atoms with Gasteiger partial charge in [-0.25, -0.2) is 29.9 Å². The van der Waals surface area contributed by atoms with Crippen LogP contribution in [0.2, 0.25) is 0 Å². The maximum absolute atomic E-state index is 5.02. The zero-order valence-electron chi connectivity index (χ0n) is 21.5. The average Bonchev–Trinajstić information content (AvgIpc) is 3.73. The molecule has 9 rings (SSSR count). The summed E-state index contributed by atoms with van der Waals surface area (Å²) in [6, 6.07) is 32.2. The van der Waals surface area contributed by atoms with Crippen LogP contribution in [0.15, 0.2) is 97.1 Å². The van der Waals surface area contributed by atoms with Crippen LogP contribution in [-0.4, -0.2) is 39.9 Å². The van der Waals surface area contributed by atoms with Gasteiger partial charge in [-0.05, 0) is 0 Å². The van der Waals surface area contributed by atoms with Crippen molar-refractivity contribution in [3.63, 3.8) is 0 Å². The Kier molecular flexibility index (Phi) is 6.32. The monoisotopic (exact) mass is 772 g/mol. The number of hydrogen-bond donors (Lipinski definition) is 2. The molecule has 8 bridgehead atoms. The predicted molar refractivity (Wildman–Crippen MR) is 156 cm³/mol. The second kappa shape index (κ2) is 10.1. The van der Waals surface area contributed by atoms with Gasteiger partial charge in [-0.2, -0.15) is 0 Å². The number of aromatic amines is 2. The number of benzene rings is 4. The maximum Gasteiger partial charge on any atom is 2.00 e. The molecular formula is C32H18CuN8Pt+3. The molecule has 0 aliphatic carbocycles. The molecule has 2 aliphatic rings. The molecule has 0 amide bonds. The van der Waals surface area contributed by atoms with Crippen molar-refractivity contribution in [2.45, 2.75) is 0 Å². The number of nitrogens with zero attached hydrogens (tertiary/aromatic N) is 6. The Morgan fingerprint density at radius 3 is 0.833 bits per heavy atom. The van der Waals surface area contributed by atoms with Crippen molar-refractivity contribution in [3.05, 3.63) is 97.1 Å². The topological polar surface area (TPSA) is 109 Å². The van der Waals surface area contributed by atoms with Crippen LogP contribution in [0.1, 0.15) is 0 Å². The molecule has 2 N–H and O–H groups in total. The van der Waals surface area contributed by atoms with Crippen molar-refractivity contribution in [3.8, 4) is 45.6 Å². The van der Waals surface area contributed by atoms with Gasteiger partial charge in [0.1, 0.15) is 22.6 Å². The Labute approximate surface area is 263 Å². The molecule has 0 saturated carbocycles. The Hall–Kier alpha value is -4.55. The van der Waals surface area contributed by atoms with Crippen LogP contribution in [0.5, 0.6) is 0 Å². The molecule has 0 spiro atoms. The minimum atomic E-state index is 0. The fraction of sp³-hybridized carbons (Fsp3) is 0. The minimum absolute atomic E-state index is 0. The number of rotatable bonds is 0. The third kappa shape index (κ3) is 3.93. The summed E-state index contributed by atoms with van der Waals surface area (Å²) in [6.45, 7) is 0. The van der Waals surface area contributed by atoms with Gasteiger partial charge in [-0.1, -0.05) is 97.1 Å². The van der Waals surface area contributed by atoms with Crippen molar-refractivity contribution in [1.82, 2.24) is 39.9 Å². The van der Waals surface area contributed by atoms with Crippen LogP contribution in [0.25, 0.3) is 89.7 Å². The number of hydrogen-bond acceptors (Lipinski definition) is 6. The van der Waals surface area contributed by atoms with Gasteiger partial charge in [0.25, 0.3) is 0 Å². The van der Waals surface area contributed by atoms with E-state index in [1.165, 1.54) is 0 Å². The van der Waals surface area contributed by atoms with E-state index in [1.54, 1.807) is 0 Å². The zero-order valence-corrected chi connectivity index (χ0v) is 24.8. The Morgan fingerprint density at radius 1 is 0.333 bits per heavy atom. The third-order valence-corrected chi connectivity index (χ3v) is 7.46. The van der Waals surface area contributed by atoms with Gasteiger partial charge >= 0.3 is 38.1 Å². The first-order chi connectivity index (χ1) is 19.8. The predicted octanol–water partition coefficient (Wildman–Crippen LogP) is 6.86. The van der Waals surface area contributed by atoms with Crippen molar-refractivity contribution in [2.24, 2.45) is 0 Å². The number of H-pyrrole nitrogens is 2. The van der Waals surface area contributed by atoms with Crippen LogP contribution in [-0.2, 0) is 38.1 Å². The molecule has 3 aromatic heterocycles. The van der Waals surface area contributed by atoms with Crippen molar-refractivity contribution < 1.29 is 38.1 Å². The molecule has 204 valence electrons. The van der Waals surface area contributed by atoms with Gasteiger partial charge in [0.05, 0.1) is 0 Å². The van der Waals surface area contributed by atoms with Gasteiger partial charge in [-0.15, -0.1) is 0 Å². The molecule has 42 heavy (non-hydrogen) atoms. The van der Waals surface area contributed by atoms with E-state index in [0.717, 1.165) is 43.8 Å². The van der Waals surface area contributed by atoms with E-state index in [2.05, 4.69) is 9.97 Å². The summed E-state index contributed by atoms with van der Waals surface area (Å²) in [5.41, 5.74) is 6.45. The first-order valence-electron chi connectivity index (χ1n) is 13.0. The normalized spacial score (nSPS) is 11.4. The molecule has 0 atom stereocenters. The summed E-state index contributed by atoms with van der Waals surface area (Å²) in [4.78, 5) is 36.8. The summed E-state index contributed by atoms with van der Waals surface area (Å²) in [6.07, 6.45) is 0. The standard InChI is InChI=1S/C32H18N8.Cu.Pt/c1-2-10-18-17(9-1)25-33-26(18)38-28-21-13-5-6-14-22(21)30(35-28)40-32-24-16-8-7-15-23(24)31(36-32)39-29-20-12-4-3-11-19(20)27(34-29)37-25;;/h1-16H,(H2,33,34,35,36,37,38,39,40);;/q;+1;+2.